The summed E-state index contributed by atoms with van der Waals surface area (Å²) in [5.74, 6) is -2.22. The van der Waals surface area contributed by atoms with Crippen molar-refractivity contribution in [1.82, 2.24) is 9.80 Å². The summed E-state index contributed by atoms with van der Waals surface area (Å²) in [6, 6.07) is 10.1. The number of Topliss-reactive ketones (excluding diaryl/α,β-unsaturated/α-hetero) is 1. The number of benzene rings is 2. The van der Waals surface area contributed by atoms with Gasteiger partial charge >= 0.3 is 0 Å². The third-order valence-corrected chi connectivity index (χ3v) is 5.43. The molecule has 0 saturated carbocycles. The van der Waals surface area contributed by atoms with Gasteiger partial charge in [0.15, 0.2) is 0 Å². The third-order valence-electron chi connectivity index (χ3n) is 4.94. The minimum absolute atomic E-state index is 0.00671. The van der Waals surface area contributed by atoms with E-state index in [1.807, 2.05) is 19.0 Å². The minimum atomic E-state index is -0.809. The van der Waals surface area contributed by atoms with E-state index in [1.165, 1.54) is 23.1 Å². The van der Waals surface area contributed by atoms with Crippen LogP contribution >= 0.6 is 23.2 Å². The topological polar surface area (TPSA) is 81.1 Å². The highest BCUT2D eigenvalue weighted by Crippen LogP contribution is 2.41. The summed E-state index contributed by atoms with van der Waals surface area (Å²) >= 11 is 12.0. The van der Waals surface area contributed by atoms with E-state index in [0.29, 0.717) is 23.6 Å². The van der Waals surface area contributed by atoms with Gasteiger partial charge in [0, 0.05) is 16.6 Å². The van der Waals surface area contributed by atoms with Crippen LogP contribution < -0.4 is 0 Å². The predicted octanol–water partition coefficient (Wildman–Crippen LogP) is 4.07. The molecule has 0 unspecified atom stereocenters. The van der Waals surface area contributed by atoms with E-state index in [1.54, 1.807) is 24.3 Å². The Bertz CT molecular complexity index is 1000. The van der Waals surface area contributed by atoms with E-state index in [2.05, 4.69) is 0 Å². The Hall–Kier alpha value is -2.54. The van der Waals surface area contributed by atoms with Gasteiger partial charge in [-0.2, -0.15) is 0 Å². The Morgan fingerprint density at radius 2 is 1.70 bits per heavy atom. The standard InChI is InChI=1S/C22H22Cl2N2O4/c1-25(2)10-3-11-26-19(13-4-6-14(23)7-5-13)18(21(29)22(26)30)20(28)16-12-15(24)8-9-17(16)27/h4-9,12,19,27-28H,3,10-11H2,1-2H3/t19-/m1/s1. The van der Waals surface area contributed by atoms with Crippen molar-refractivity contribution in [3.8, 4) is 5.75 Å². The highest BCUT2D eigenvalue weighted by molar-refractivity contribution is 6.46. The second-order valence-electron chi connectivity index (χ2n) is 7.36. The molecule has 0 bridgehead atoms. The highest BCUT2D eigenvalue weighted by atomic mass is 35.5. The lowest BCUT2D eigenvalue weighted by atomic mass is 9.95. The number of likely N-dealkylation sites (tertiary alicyclic amines) is 1. The van der Waals surface area contributed by atoms with Gasteiger partial charge in [-0.15, -0.1) is 0 Å². The number of phenols is 1. The second-order valence-corrected chi connectivity index (χ2v) is 8.24. The Kier molecular flexibility index (Phi) is 6.71. The van der Waals surface area contributed by atoms with Crippen LogP contribution in [0, 0.1) is 0 Å². The zero-order valence-electron chi connectivity index (χ0n) is 16.6. The maximum atomic E-state index is 12.9. The average Bonchev–Trinajstić information content (AvgIpc) is 2.94. The van der Waals surface area contributed by atoms with Gasteiger partial charge in [0.1, 0.15) is 11.5 Å². The van der Waals surface area contributed by atoms with Crippen LogP contribution in [0.3, 0.4) is 0 Å². The molecule has 158 valence electrons. The van der Waals surface area contributed by atoms with Crippen LogP contribution in [0.4, 0.5) is 0 Å². The first-order valence-corrected chi connectivity index (χ1v) is 10.1. The first-order chi connectivity index (χ1) is 14.2. The molecular weight excluding hydrogens is 427 g/mol. The molecule has 8 heteroatoms. The van der Waals surface area contributed by atoms with E-state index < -0.39 is 23.5 Å². The summed E-state index contributed by atoms with van der Waals surface area (Å²) in [4.78, 5) is 29.2. The van der Waals surface area contributed by atoms with Crippen molar-refractivity contribution in [2.24, 2.45) is 0 Å². The number of ketones is 1. The Labute approximate surface area is 184 Å². The molecule has 0 aliphatic carbocycles. The number of halogens is 2. The van der Waals surface area contributed by atoms with Crippen LogP contribution in [0.1, 0.15) is 23.6 Å². The quantitative estimate of drug-likeness (QED) is 0.395. The summed E-state index contributed by atoms with van der Waals surface area (Å²) < 4.78 is 0. The van der Waals surface area contributed by atoms with Gasteiger partial charge in [0.2, 0.25) is 0 Å². The number of rotatable bonds is 6. The summed E-state index contributed by atoms with van der Waals surface area (Å²) in [6.45, 7) is 1.06. The van der Waals surface area contributed by atoms with Gasteiger partial charge in [0.05, 0.1) is 17.2 Å². The Morgan fingerprint density at radius 3 is 2.33 bits per heavy atom. The number of phenolic OH excluding ortho intramolecular Hbond substituents is 1. The zero-order chi connectivity index (χ0) is 22.0. The number of nitrogens with zero attached hydrogens (tertiary/aromatic N) is 2. The van der Waals surface area contributed by atoms with Crippen LogP contribution in [0.5, 0.6) is 5.75 Å². The normalized spacial score (nSPS) is 18.4. The number of hydrogen-bond donors (Lipinski definition) is 2. The molecule has 30 heavy (non-hydrogen) atoms. The number of aromatic hydroxyl groups is 1. The molecule has 1 fully saturated rings. The smallest absolute Gasteiger partial charge is 0.295 e. The molecule has 1 aliphatic heterocycles. The molecule has 1 aliphatic rings. The molecule has 1 saturated heterocycles. The molecule has 0 radical (unpaired) electrons. The summed E-state index contributed by atoms with van der Waals surface area (Å²) in [5.41, 5.74) is 0.531. The fraction of sp³-hybridized carbons (Fsp3) is 0.273. The van der Waals surface area contributed by atoms with Gasteiger partial charge in [-0.25, -0.2) is 0 Å². The molecule has 1 heterocycles. The number of amides is 1. The van der Waals surface area contributed by atoms with Gasteiger partial charge in [0.25, 0.3) is 11.7 Å². The van der Waals surface area contributed by atoms with Crippen LogP contribution in [0.25, 0.3) is 5.76 Å². The molecule has 2 aromatic carbocycles. The number of aliphatic hydroxyl groups is 1. The van der Waals surface area contributed by atoms with Gasteiger partial charge in [-0.05, 0) is 63.0 Å². The maximum absolute atomic E-state index is 12.9. The lowest BCUT2D eigenvalue weighted by Crippen LogP contribution is -2.32. The highest BCUT2D eigenvalue weighted by Gasteiger charge is 2.46. The van der Waals surface area contributed by atoms with E-state index in [4.69, 9.17) is 23.2 Å². The van der Waals surface area contributed by atoms with Crippen LogP contribution in [0.2, 0.25) is 10.0 Å². The summed E-state index contributed by atoms with van der Waals surface area (Å²) in [5, 5.41) is 21.9. The fourth-order valence-corrected chi connectivity index (χ4v) is 3.80. The first kappa shape index (κ1) is 22.2. The van der Waals surface area contributed by atoms with Crippen molar-refractivity contribution in [2.45, 2.75) is 12.5 Å². The lowest BCUT2D eigenvalue weighted by Gasteiger charge is -2.26. The lowest BCUT2D eigenvalue weighted by molar-refractivity contribution is -0.139. The van der Waals surface area contributed by atoms with Crippen molar-refractivity contribution in [1.29, 1.82) is 0 Å². The van der Waals surface area contributed by atoms with E-state index in [0.717, 1.165) is 6.54 Å². The predicted molar refractivity (Wildman–Crippen MR) is 117 cm³/mol. The zero-order valence-corrected chi connectivity index (χ0v) is 18.1. The summed E-state index contributed by atoms with van der Waals surface area (Å²) in [7, 11) is 3.85. The van der Waals surface area contributed by atoms with Crippen molar-refractivity contribution in [3.05, 3.63) is 69.2 Å². The molecule has 3 rings (SSSR count). The minimum Gasteiger partial charge on any atom is -0.507 e. The summed E-state index contributed by atoms with van der Waals surface area (Å²) in [6.07, 6.45) is 0.645. The number of aliphatic hydroxyl groups excluding tert-OH is 1. The Balaban J connectivity index is 2.13. The molecular formula is C22H22Cl2N2O4. The van der Waals surface area contributed by atoms with Crippen molar-refractivity contribution in [2.75, 3.05) is 27.2 Å². The van der Waals surface area contributed by atoms with Crippen molar-refractivity contribution in [3.63, 3.8) is 0 Å². The van der Waals surface area contributed by atoms with Crippen LogP contribution in [-0.4, -0.2) is 58.9 Å². The molecule has 1 amide bonds. The maximum Gasteiger partial charge on any atom is 0.295 e. The molecule has 0 aromatic heterocycles. The van der Waals surface area contributed by atoms with Crippen molar-refractivity contribution < 1.29 is 19.8 Å². The first-order valence-electron chi connectivity index (χ1n) is 9.38. The number of hydrogen-bond acceptors (Lipinski definition) is 5. The van der Waals surface area contributed by atoms with E-state index in [9.17, 15) is 19.8 Å². The fourth-order valence-electron chi connectivity index (χ4n) is 3.50. The molecule has 0 spiro atoms. The Morgan fingerprint density at radius 1 is 1.07 bits per heavy atom. The van der Waals surface area contributed by atoms with E-state index >= 15 is 0 Å². The number of carbonyl (C=O) groups is 2. The molecule has 2 N–H and O–H groups in total. The molecule has 6 nitrogen and oxygen atoms in total. The monoisotopic (exact) mass is 448 g/mol. The largest absolute Gasteiger partial charge is 0.507 e. The van der Waals surface area contributed by atoms with Gasteiger partial charge in [-0.1, -0.05) is 35.3 Å². The second kappa shape index (κ2) is 9.08. The van der Waals surface area contributed by atoms with Gasteiger partial charge in [-0.3, -0.25) is 9.59 Å². The third kappa shape index (κ3) is 4.46. The molecule has 2 aromatic rings. The van der Waals surface area contributed by atoms with Gasteiger partial charge < -0.3 is 20.0 Å². The average molecular weight is 449 g/mol. The molecule has 1 atom stereocenters. The van der Waals surface area contributed by atoms with Crippen LogP contribution in [-0.2, 0) is 9.59 Å². The van der Waals surface area contributed by atoms with Crippen LogP contribution in [0.15, 0.2) is 48.0 Å². The number of carbonyl (C=O) groups excluding carboxylic acids is 2. The van der Waals surface area contributed by atoms with Crippen molar-refractivity contribution >= 4 is 40.7 Å². The SMILES string of the molecule is CN(C)CCCN1C(=O)C(=O)C(=C(O)c2cc(Cl)ccc2O)[C@H]1c1ccc(Cl)cc1. The van der Waals surface area contributed by atoms with E-state index in [-0.39, 0.29) is 21.9 Å².